The van der Waals surface area contributed by atoms with Gasteiger partial charge in [0.15, 0.2) is 0 Å². The lowest BCUT2D eigenvalue weighted by atomic mass is 10.2. The number of amides is 1. The standard InChI is InChI=1S/C12H18N2O2S/c1-7-8(13)6-11(17-7)12(15)14-9-4-3-5-10(9)16-2/h6,9-10H,3-5,13H2,1-2H3,(H,14,15). The Morgan fingerprint density at radius 2 is 2.35 bits per heavy atom. The molecule has 1 amide bonds. The van der Waals surface area contributed by atoms with Gasteiger partial charge in [0, 0.05) is 17.7 Å². The second kappa shape index (κ2) is 5.06. The molecule has 1 aromatic heterocycles. The summed E-state index contributed by atoms with van der Waals surface area (Å²) in [5.41, 5.74) is 6.44. The Hall–Kier alpha value is -1.07. The van der Waals surface area contributed by atoms with Crippen molar-refractivity contribution in [3.8, 4) is 0 Å². The molecule has 1 fully saturated rings. The molecule has 0 bridgehead atoms. The topological polar surface area (TPSA) is 64.3 Å². The highest BCUT2D eigenvalue weighted by Crippen LogP contribution is 2.25. The van der Waals surface area contributed by atoms with Crippen LogP contribution in [-0.2, 0) is 4.74 Å². The number of aryl methyl sites for hydroxylation is 1. The Kier molecular flexibility index (Phi) is 3.69. The predicted octanol–water partition coefficient (Wildman–Crippen LogP) is 1.94. The quantitative estimate of drug-likeness (QED) is 0.866. The maximum Gasteiger partial charge on any atom is 0.261 e. The lowest BCUT2D eigenvalue weighted by molar-refractivity contribution is 0.0724. The average Bonchev–Trinajstić information content (AvgIpc) is 2.86. The van der Waals surface area contributed by atoms with Crippen LogP contribution in [0.5, 0.6) is 0 Å². The van der Waals surface area contributed by atoms with Gasteiger partial charge >= 0.3 is 0 Å². The van der Waals surface area contributed by atoms with E-state index in [2.05, 4.69) is 5.32 Å². The van der Waals surface area contributed by atoms with Gasteiger partial charge in [-0.3, -0.25) is 4.79 Å². The molecule has 0 aliphatic heterocycles. The number of nitrogens with two attached hydrogens (primary N) is 1. The van der Waals surface area contributed by atoms with Crippen LogP contribution in [0.1, 0.15) is 33.8 Å². The van der Waals surface area contributed by atoms with Crippen molar-refractivity contribution in [3.05, 3.63) is 15.8 Å². The maximum atomic E-state index is 12.0. The van der Waals surface area contributed by atoms with E-state index in [4.69, 9.17) is 10.5 Å². The van der Waals surface area contributed by atoms with Crippen molar-refractivity contribution >= 4 is 22.9 Å². The lowest BCUT2D eigenvalue weighted by Gasteiger charge is -2.19. The number of carbonyl (C=O) groups excluding carboxylic acids is 1. The van der Waals surface area contributed by atoms with E-state index in [1.807, 2.05) is 6.92 Å². The van der Waals surface area contributed by atoms with Crippen LogP contribution >= 0.6 is 11.3 Å². The summed E-state index contributed by atoms with van der Waals surface area (Å²) in [6.07, 6.45) is 3.27. The van der Waals surface area contributed by atoms with E-state index in [0.29, 0.717) is 10.6 Å². The summed E-state index contributed by atoms with van der Waals surface area (Å²) in [6.45, 7) is 1.92. The number of ether oxygens (including phenoxy) is 1. The van der Waals surface area contributed by atoms with Gasteiger partial charge in [0.05, 0.1) is 17.0 Å². The summed E-state index contributed by atoms with van der Waals surface area (Å²) in [5, 5.41) is 3.03. The minimum Gasteiger partial charge on any atom is -0.398 e. The van der Waals surface area contributed by atoms with Crippen molar-refractivity contribution in [2.24, 2.45) is 0 Å². The smallest absolute Gasteiger partial charge is 0.261 e. The molecule has 0 saturated heterocycles. The molecule has 2 atom stereocenters. The summed E-state index contributed by atoms with van der Waals surface area (Å²) in [5.74, 6) is -0.0382. The number of rotatable bonds is 3. The van der Waals surface area contributed by atoms with Gasteiger partial charge in [0.2, 0.25) is 0 Å². The largest absolute Gasteiger partial charge is 0.398 e. The number of thiophene rings is 1. The van der Waals surface area contributed by atoms with Crippen LogP contribution < -0.4 is 11.1 Å². The third-order valence-electron chi connectivity index (χ3n) is 3.25. The van der Waals surface area contributed by atoms with E-state index in [1.54, 1.807) is 13.2 Å². The first-order valence-corrected chi connectivity index (χ1v) is 6.63. The Bertz CT molecular complexity index is 397. The molecule has 1 aromatic rings. The Morgan fingerprint density at radius 3 is 2.94 bits per heavy atom. The Balaban J connectivity index is 2.01. The first kappa shape index (κ1) is 12.4. The summed E-state index contributed by atoms with van der Waals surface area (Å²) in [7, 11) is 1.70. The van der Waals surface area contributed by atoms with Crippen molar-refractivity contribution in [1.82, 2.24) is 5.32 Å². The van der Waals surface area contributed by atoms with Crippen LogP contribution in [0.3, 0.4) is 0 Å². The maximum absolute atomic E-state index is 12.0. The molecule has 4 nitrogen and oxygen atoms in total. The Labute approximate surface area is 105 Å². The van der Waals surface area contributed by atoms with Gasteiger partial charge in [-0.25, -0.2) is 0 Å². The van der Waals surface area contributed by atoms with Crippen molar-refractivity contribution in [2.75, 3.05) is 12.8 Å². The van der Waals surface area contributed by atoms with Gasteiger partial charge in [-0.05, 0) is 32.3 Å². The first-order chi connectivity index (χ1) is 8.11. The van der Waals surface area contributed by atoms with Crippen LogP contribution in [0.25, 0.3) is 0 Å². The molecule has 5 heteroatoms. The molecule has 0 aromatic carbocycles. The number of anilines is 1. The molecule has 94 valence electrons. The Morgan fingerprint density at radius 1 is 1.59 bits per heavy atom. The minimum atomic E-state index is -0.0382. The van der Waals surface area contributed by atoms with Crippen LogP contribution in [0, 0.1) is 6.92 Å². The van der Waals surface area contributed by atoms with E-state index in [1.165, 1.54) is 11.3 Å². The number of nitrogens with one attached hydrogen (secondary N) is 1. The predicted molar refractivity (Wildman–Crippen MR) is 69.4 cm³/mol. The summed E-state index contributed by atoms with van der Waals surface area (Å²) < 4.78 is 5.35. The fraction of sp³-hybridized carbons (Fsp3) is 0.583. The zero-order valence-corrected chi connectivity index (χ0v) is 11.0. The summed E-state index contributed by atoms with van der Waals surface area (Å²) in [6, 6.07) is 1.88. The molecular weight excluding hydrogens is 236 g/mol. The fourth-order valence-electron chi connectivity index (χ4n) is 2.22. The van der Waals surface area contributed by atoms with Crippen LogP contribution in [0.4, 0.5) is 5.69 Å². The average molecular weight is 254 g/mol. The SMILES string of the molecule is COC1CCCC1NC(=O)c1cc(N)c(C)s1. The third-order valence-corrected chi connectivity index (χ3v) is 4.32. The highest BCUT2D eigenvalue weighted by Gasteiger charge is 2.29. The van der Waals surface area contributed by atoms with E-state index in [0.717, 1.165) is 24.1 Å². The second-order valence-electron chi connectivity index (χ2n) is 4.41. The van der Waals surface area contributed by atoms with Gasteiger partial charge in [-0.2, -0.15) is 0 Å². The van der Waals surface area contributed by atoms with Gasteiger partial charge in [0.25, 0.3) is 5.91 Å². The summed E-state index contributed by atoms with van der Waals surface area (Å²) >= 11 is 1.44. The van der Waals surface area contributed by atoms with E-state index in [-0.39, 0.29) is 18.1 Å². The van der Waals surface area contributed by atoms with Crippen molar-refractivity contribution in [3.63, 3.8) is 0 Å². The number of hydrogen-bond acceptors (Lipinski definition) is 4. The molecule has 1 saturated carbocycles. The normalized spacial score (nSPS) is 23.9. The number of carbonyl (C=O) groups is 1. The van der Waals surface area contributed by atoms with Gasteiger partial charge < -0.3 is 15.8 Å². The molecule has 1 aliphatic carbocycles. The van der Waals surface area contributed by atoms with Gasteiger partial charge in [-0.1, -0.05) is 0 Å². The molecule has 3 N–H and O–H groups in total. The van der Waals surface area contributed by atoms with E-state index in [9.17, 15) is 4.79 Å². The number of methoxy groups -OCH3 is 1. The van der Waals surface area contributed by atoms with Crippen LogP contribution in [0.2, 0.25) is 0 Å². The van der Waals surface area contributed by atoms with E-state index < -0.39 is 0 Å². The monoisotopic (exact) mass is 254 g/mol. The minimum absolute atomic E-state index is 0.0382. The third kappa shape index (κ3) is 2.61. The van der Waals surface area contributed by atoms with Crippen molar-refractivity contribution in [2.45, 2.75) is 38.3 Å². The molecule has 1 aliphatic rings. The molecule has 17 heavy (non-hydrogen) atoms. The van der Waals surface area contributed by atoms with Gasteiger partial charge in [-0.15, -0.1) is 11.3 Å². The van der Waals surface area contributed by atoms with Gasteiger partial charge in [0.1, 0.15) is 0 Å². The van der Waals surface area contributed by atoms with Crippen molar-refractivity contribution < 1.29 is 9.53 Å². The molecule has 1 heterocycles. The first-order valence-electron chi connectivity index (χ1n) is 5.81. The molecule has 2 rings (SSSR count). The molecule has 2 unspecified atom stereocenters. The molecule has 0 radical (unpaired) electrons. The van der Waals surface area contributed by atoms with Crippen LogP contribution in [-0.4, -0.2) is 25.2 Å². The lowest BCUT2D eigenvalue weighted by Crippen LogP contribution is -2.40. The number of nitrogen functional groups attached to an aromatic ring is 1. The van der Waals surface area contributed by atoms with Crippen LogP contribution in [0.15, 0.2) is 6.07 Å². The fourth-order valence-corrected chi connectivity index (χ4v) is 3.07. The molecule has 0 spiro atoms. The number of hydrogen-bond donors (Lipinski definition) is 2. The zero-order valence-electron chi connectivity index (χ0n) is 10.2. The molecular formula is C12H18N2O2S. The highest BCUT2D eigenvalue weighted by molar-refractivity contribution is 7.14. The highest BCUT2D eigenvalue weighted by atomic mass is 32.1. The van der Waals surface area contributed by atoms with Crippen molar-refractivity contribution in [1.29, 1.82) is 0 Å². The van der Waals surface area contributed by atoms with E-state index >= 15 is 0 Å². The summed E-state index contributed by atoms with van der Waals surface area (Å²) in [4.78, 5) is 13.7. The second-order valence-corrected chi connectivity index (χ2v) is 5.66. The zero-order chi connectivity index (χ0) is 12.4.